The van der Waals surface area contributed by atoms with E-state index in [1.807, 2.05) is 18.3 Å². The van der Waals surface area contributed by atoms with Crippen molar-refractivity contribution in [3.63, 3.8) is 0 Å². The van der Waals surface area contributed by atoms with E-state index in [1.165, 1.54) is 34.3 Å². The largest absolute Gasteiger partial charge is 0.349 e. The summed E-state index contributed by atoms with van der Waals surface area (Å²) in [5.41, 5.74) is 3.52. The Labute approximate surface area is 185 Å². The number of rotatable bonds is 3. The number of benzene rings is 1. The molecular weight excluding hydrogens is 408 g/mol. The minimum Gasteiger partial charge on any atom is -0.349 e. The van der Waals surface area contributed by atoms with Gasteiger partial charge in [-0.05, 0) is 61.7 Å². The molecule has 1 saturated heterocycles. The quantitative estimate of drug-likeness (QED) is 0.746. The van der Waals surface area contributed by atoms with Gasteiger partial charge in [0.2, 0.25) is 5.17 Å². The molecule has 31 heavy (non-hydrogen) atoms. The van der Waals surface area contributed by atoms with Crippen molar-refractivity contribution in [2.75, 3.05) is 13.1 Å². The maximum atomic E-state index is 12.8. The number of hydrogen-bond acceptors (Lipinski definition) is 5. The lowest BCUT2D eigenvalue weighted by molar-refractivity contribution is -0.114. The summed E-state index contributed by atoms with van der Waals surface area (Å²) in [7, 11) is 0. The fraction of sp³-hybridized carbons (Fsp3) is 0.304. The minimum atomic E-state index is -0.387. The number of thioether (sulfide) groups is 1. The maximum absolute atomic E-state index is 12.8. The van der Waals surface area contributed by atoms with Crippen molar-refractivity contribution in [1.82, 2.24) is 14.5 Å². The van der Waals surface area contributed by atoms with E-state index in [0.29, 0.717) is 11.7 Å². The predicted octanol–water partition coefficient (Wildman–Crippen LogP) is 3.91. The van der Waals surface area contributed by atoms with Crippen LogP contribution in [0.1, 0.15) is 36.1 Å². The number of hydrogen-bond donors (Lipinski definition) is 1. The van der Waals surface area contributed by atoms with Crippen molar-refractivity contribution in [3.8, 4) is 0 Å². The monoisotopic (exact) mass is 432 g/mol. The Kier molecular flexibility index (Phi) is 5.23. The van der Waals surface area contributed by atoms with Gasteiger partial charge in [-0.2, -0.15) is 10.0 Å². The molecule has 0 bridgehead atoms. The van der Waals surface area contributed by atoms with Crippen LogP contribution in [-0.4, -0.2) is 49.6 Å². The number of likely N-dealkylation sites (tertiary alicyclic amines) is 1. The molecule has 5 rings (SSSR count). The Morgan fingerprint density at radius 3 is 2.65 bits per heavy atom. The molecule has 1 aromatic carbocycles. The van der Waals surface area contributed by atoms with Crippen molar-refractivity contribution in [1.29, 1.82) is 5.41 Å². The predicted molar refractivity (Wildman–Crippen MR) is 125 cm³/mol. The minimum absolute atomic E-state index is 0.0811. The van der Waals surface area contributed by atoms with Crippen LogP contribution in [0.3, 0.4) is 0 Å². The van der Waals surface area contributed by atoms with Crippen LogP contribution in [0.5, 0.6) is 0 Å². The summed E-state index contributed by atoms with van der Waals surface area (Å²) in [4.78, 5) is 19.2. The number of nitrogens with zero attached hydrogens (tertiary/aromatic N) is 5. The van der Waals surface area contributed by atoms with Crippen molar-refractivity contribution in [2.24, 2.45) is 10.1 Å². The Bertz CT molecular complexity index is 1120. The van der Waals surface area contributed by atoms with Crippen LogP contribution in [-0.2, 0) is 11.3 Å². The van der Waals surface area contributed by atoms with Gasteiger partial charge in [-0.1, -0.05) is 29.8 Å². The lowest BCUT2D eigenvalue weighted by Gasteiger charge is -2.26. The van der Waals surface area contributed by atoms with Gasteiger partial charge in [0.25, 0.3) is 5.91 Å². The van der Waals surface area contributed by atoms with Gasteiger partial charge in [-0.15, -0.1) is 5.10 Å². The van der Waals surface area contributed by atoms with E-state index < -0.39 is 0 Å². The fourth-order valence-electron chi connectivity index (χ4n) is 3.94. The topological polar surface area (TPSA) is 77.1 Å². The summed E-state index contributed by atoms with van der Waals surface area (Å²) in [6.45, 7) is 4.69. The maximum Gasteiger partial charge on any atom is 0.283 e. The zero-order chi connectivity index (χ0) is 21.4. The molecular formula is C23H24N6OS. The van der Waals surface area contributed by atoms with Crippen molar-refractivity contribution < 1.29 is 4.79 Å². The zero-order valence-corrected chi connectivity index (χ0v) is 18.2. The number of amidine groups is 3. The summed E-state index contributed by atoms with van der Waals surface area (Å²) in [6.07, 6.45) is 7.26. The first-order valence-electron chi connectivity index (χ1n) is 10.5. The van der Waals surface area contributed by atoms with E-state index in [9.17, 15) is 4.79 Å². The van der Waals surface area contributed by atoms with Crippen molar-refractivity contribution in [2.45, 2.75) is 32.7 Å². The molecule has 0 atom stereocenters. The first-order valence-corrected chi connectivity index (χ1v) is 11.4. The van der Waals surface area contributed by atoms with Gasteiger partial charge in [-0.3, -0.25) is 10.2 Å². The molecule has 0 saturated carbocycles. The lowest BCUT2D eigenvalue weighted by Crippen LogP contribution is -2.35. The molecule has 0 aliphatic carbocycles. The highest BCUT2D eigenvalue weighted by Gasteiger charge is 2.37. The van der Waals surface area contributed by atoms with Crippen LogP contribution in [0.2, 0.25) is 0 Å². The second-order valence-corrected chi connectivity index (χ2v) is 8.93. The molecule has 4 heterocycles. The Morgan fingerprint density at radius 2 is 1.87 bits per heavy atom. The van der Waals surface area contributed by atoms with Crippen molar-refractivity contribution in [3.05, 3.63) is 65.0 Å². The number of aryl methyl sites for hydroxylation is 1. The number of aromatic nitrogens is 1. The highest BCUT2D eigenvalue weighted by atomic mass is 32.2. The fourth-order valence-corrected chi connectivity index (χ4v) is 4.88. The van der Waals surface area contributed by atoms with Gasteiger partial charge >= 0.3 is 0 Å². The Balaban J connectivity index is 1.40. The first kappa shape index (κ1) is 19.8. The summed E-state index contributed by atoms with van der Waals surface area (Å²) < 4.78 is 2.07. The standard InChI is InChI=1S/C23H24N6OS/c1-16-7-9-17(10-8-16)15-28-13-5-6-18(28)14-19-20(24)29-22(25-21(19)30)31-23(26-29)27-11-3-2-4-12-27/h5-10,13-14,24H,2-4,11-12,15H2,1H3/b19-14+,24-20?. The van der Waals surface area contributed by atoms with Crippen molar-refractivity contribution >= 4 is 39.9 Å². The molecule has 1 aromatic heterocycles. The molecule has 3 aliphatic rings. The van der Waals surface area contributed by atoms with Gasteiger partial charge in [0.15, 0.2) is 11.0 Å². The number of carbonyl (C=O) groups excluding carboxylic acids is 1. The SMILES string of the molecule is Cc1ccc(Cn2cccc2/C=C2\C(=N)N3N=C(N4CCCCC4)SC3=NC2=O)cc1. The Hall–Kier alpha value is -3.13. The third-order valence-electron chi connectivity index (χ3n) is 5.70. The molecule has 7 nitrogen and oxygen atoms in total. The molecule has 0 radical (unpaired) electrons. The van der Waals surface area contributed by atoms with Gasteiger partial charge < -0.3 is 9.47 Å². The Morgan fingerprint density at radius 1 is 1.10 bits per heavy atom. The average molecular weight is 433 g/mol. The smallest absolute Gasteiger partial charge is 0.283 e. The van der Waals surface area contributed by atoms with E-state index in [-0.39, 0.29) is 17.3 Å². The van der Waals surface area contributed by atoms with Crippen LogP contribution in [0, 0.1) is 12.3 Å². The molecule has 1 N–H and O–H groups in total. The molecule has 8 heteroatoms. The van der Waals surface area contributed by atoms with Crippen LogP contribution >= 0.6 is 11.8 Å². The first-order chi connectivity index (χ1) is 15.1. The van der Waals surface area contributed by atoms with Gasteiger partial charge in [-0.25, -0.2) is 0 Å². The summed E-state index contributed by atoms with van der Waals surface area (Å²) in [6, 6.07) is 12.3. The van der Waals surface area contributed by atoms with Crippen LogP contribution in [0.4, 0.5) is 0 Å². The molecule has 2 aromatic rings. The molecule has 0 spiro atoms. The molecule has 0 unspecified atom stereocenters. The molecule has 3 aliphatic heterocycles. The number of nitrogens with one attached hydrogen (secondary N) is 1. The van der Waals surface area contributed by atoms with E-state index in [1.54, 1.807) is 6.08 Å². The van der Waals surface area contributed by atoms with Gasteiger partial charge in [0.05, 0.1) is 5.57 Å². The summed E-state index contributed by atoms with van der Waals surface area (Å²) >= 11 is 1.38. The van der Waals surface area contributed by atoms with E-state index in [0.717, 1.165) is 36.8 Å². The number of aliphatic imine (C=N–C) groups is 1. The summed E-state index contributed by atoms with van der Waals surface area (Å²) in [5, 5.41) is 16.0. The number of fused-ring (bicyclic) bond motifs is 1. The average Bonchev–Trinajstić information content (AvgIpc) is 3.40. The number of piperidine rings is 1. The molecule has 1 amide bonds. The van der Waals surface area contributed by atoms with Crippen LogP contribution in [0.25, 0.3) is 6.08 Å². The number of carbonyl (C=O) groups is 1. The zero-order valence-electron chi connectivity index (χ0n) is 17.4. The lowest BCUT2D eigenvalue weighted by atomic mass is 10.1. The number of hydrazone groups is 1. The van der Waals surface area contributed by atoms with Crippen LogP contribution < -0.4 is 0 Å². The molecule has 1 fully saturated rings. The summed E-state index contributed by atoms with van der Waals surface area (Å²) in [5.74, 6) is -0.306. The highest BCUT2D eigenvalue weighted by molar-refractivity contribution is 8.26. The highest BCUT2D eigenvalue weighted by Crippen LogP contribution is 2.30. The normalized spacial score (nSPS) is 20.2. The van der Waals surface area contributed by atoms with E-state index >= 15 is 0 Å². The third-order valence-corrected chi connectivity index (χ3v) is 6.67. The van der Waals surface area contributed by atoms with Gasteiger partial charge in [0, 0.05) is 31.5 Å². The molecule has 158 valence electrons. The van der Waals surface area contributed by atoms with E-state index in [4.69, 9.17) is 5.41 Å². The third kappa shape index (κ3) is 3.95. The van der Waals surface area contributed by atoms with E-state index in [2.05, 4.69) is 50.8 Å². The number of amides is 1. The van der Waals surface area contributed by atoms with Gasteiger partial charge in [0.1, 0.15) is 0 Å². The second-order valence-electron chi connectivity index (χ2n) is 8.00. The second kappa shape index (κ2) is 8.19. The van der Waals surface area contributed by atoms with Crippen LogP contribution in [0.15, 0.2) is 58.3 Å².